The molecule has 19 heavy (non-hydrogen) atoms. The van der Waals surface area contributed by atoms with Crippen molar-refractivity contribution in [2.24, 2.45) is 0 Å². The number of halogens is 2. The maximum absolute atomic E-state index is 11.7. The highest BCUT2D eigenvalue weighted by molar-refractivity contribution is 9.11. The molecule has 0 heterocycles. The predicted octanol–water partition coefficient (Wildman–Crippen LogP) is 3.65. The highest BCUT2D eigenvalue weighted by Gasteiger charge is 2.14. The zero-order chi connectivity index (χ0) is 14.6. The first-order valence-corrected chi connectivity index (χ1v) is 7.50. The number of hydrogen-bond donors (Lipinski definition) is 1. The molecule has 0 radical (unpaired) electrons. The maximum atomic E-state index is 11.7. The Labute approximate surface area is 134 Å². The smallest absolute Gasteiger partial charge is 0.338 e. The number of nitrogens with zero attached hydrogens (tertiary/aromatic N) is 1. The number of benzene rings is 1. The second-order valence-electron chi connectivity index (χ2n) is 3.86. The van der Waals surface area contributed by atoms with Gasteiger partial charge in [0.2, 0.25) is 0 Å². The molecule has 0 bridgehead atoms. The van der Waals surface area contributed by atoms with Crippen molar-refractivity contribution in [3.63, 3.8) is 0 Å². The quantitative estimate of drug-likeness (QED) is 0.609. The van der Waals surface area contributed by atoms with Crippen molar-refractivity contribution in [1.82, 2.24) is 4.90 Å². The van der Waals surface area contributed by atoms with Gasteiger partial charge in [0, 0.05) is 23.0 Å². The van der Waals surface area contributed by atoms with E-state index in [2.05, 4.69) is 37.2 Å². The summed E-state index contributed by atoms with van der Waals surface area (Å²) in [4.78, 5) is 13.5. The normalized spacial score (nSPS) is 9.95. The summed E-state index contributed by atoms with van der Waals surface area (Å²) in [6.07, 6.45) is 0. The minimum Gasteiger partial charge on any atom is -0.462 e. The molecule has 1 aromatic carbocycles. The van der Waals surface area contributed by atoms with Gasteiger partial charge in [-0.15, -0.1) is 0 Å². The molecule has 7 heteroatoms. The maximum Gasteiger partial charge on any atom is 0.338 e. The molecule has 0 amide bonds. The van der Waals surface area contributed by atoms with E-state index >= 15 is 0 Å². The Balaban J connectivity index is 3.04. The van der Waals surface area contributed by atoms with Crippen LogP contribution in [0.5, 0.6) is 0 Å². The van der Waals surface area contributed by atoms with Crippen LogP contribution in [0.3, 0.4) is 0 Å². The molecule has 1 rings (SSSR count). The van der Waals surface area contributed by atoms with Gasteiger partial charge in [0.25, 0.3) is 0 Å². The Bertz CT molecular complexity index is 483. The van der Waals surface area contributed by atoms with E-state index in [0.29, 0.717) is 17.3 Å². The number of esters is 1. The van der Waals surface area contributed by atoms with E-state index in [0.717, 1.165) is 14.6 Å². The lowest BCUT2D eigenvalue weighted by molar-refractivity contribution is 0.0526. The number of carbonyl (C=O) groups excluding carboxylic acids is 1. The fraction of sp³-hybridized carbons (Fsp3) is 0.333. The summed E-state index contributed by atoms with van der Waals surface area (Å²) in [6.45, 7) is 2.12. The number of carbonyl (C=O) groups is 1. The number of nitrogens with one attached hydrogen (secondary N) is 1. The van der Waals surface area contributed by atoms with Crippen molar-refractivity contribution in [2.75, 3.05) is 26.0 Å². The Kier molecular flexibility index (Phi) is 6.22. The third-order valence-electron chi connectivity index (χ3n) is 2.19. The molecular weight excluding hydrogens is 396 g/mol. The van der Waals surface area contributed by atoms with Gasteiger partial charge in [-0.1, -0.05) is 0 Å². The summed E-state index contributed by atoms with van der Waals surface area (Å²) in [5.74, 6) is -0.356. The van der Waals surface area contributed by atoms with E-state index in [1.54, 1.807) is 24.0 Å². The van der Waals surface area contributed by atoms with Crippen LogP contribution >= 0.6 is 44.1 Å². The van der Waals surface area contributed by atoms with Gasteiger partial charge < -0.3 is 15.0 Å². The Morgan fingerprint density at radius 2 is 1.89 bits per heavy atom. The van der Waals surface area contributed by atoms with Crippen LogP contribution in [-0.4, -0.2) is 36.7 Å². The van der Waals surface area contributed by atoms with E-state index in [1.807, 2.05) is 14.1 Å². The summed E-state index contributed by atoms with van der Waals surface area (Å²) in [5, 5.41) is 3.66. The van der Waals surface area contributed by atoms with Gasteiger partial charge in [-0.3, -0.25) is 0 Å². The van der Waals surface area contributed by atoms with Gasteiger partial charge in [-0.05, 0) is 63.1 Å². The molecule has 0 aliphatic rings. The highest BCUT2D eigenvalue weighted by Crippen LogP contribution is 2.33. The van der Waals surface area contributed by atoms with Crippen molar-refractivity contribution < 1.29 is 9.53 Å². The number of ether oxygens (including phenoxy) is 1. The van der Waals surface area contributed by atoms with E-state index in [-0.39, 0.29) is 5.97 Å². The summed E-state index contributed by atoms with van der Waals surface area (Å²) in [5.41, 5.74) is 1.24. The molecule has 0 unspecified atom stereocenters. The van der Waals surface area contributed by atoms with Crippen LogP contribution in [0.1, 0.15) is 17.3 Å². The van der Waals surface area contributed by atoms with Crippen molar-refractivity contribution in [3.05, 3.63) is 26.6 Å². The highest BCUT2D eigenvalue weighted by atomic mass is 79.9. The summed E-state index contributed by atoms with van der Waals surface area (Å²) < 4.78 is 6.42. The van der Waals surface area contributed by atoms with Gasteiger partial charge in [-0.25, -0.2) is 4.79 Å². The second kappa shape index (κ2) is 7.21. The van der Waals surface area contributed by atoms with Crippen molar-refractivity contribution >= 4 is 60.8 Å². The minimum absolute atomic E-state index is 0.346. The fourth-order valence-electron chi connectivity index (χ4n) is 1.24. The van der Waals surface area contributed by atoms with Gasteiger partial charge in [0.05, 0.1) is 17.9 Å². The second-order valence-corrected chi connectivity index (χ2v) is 5.96. The molecule has 0 aliphatic heterocycles. The van der Waals surface area contributed by atoms with Crippen LogP contribution in [0, 0.1) is 0 Å². The van der Waals surface area contributed by atoms with Gasteiger partial charge in [0.15, 0.2) is 5.11 Å². The zero-order valence-corrected chi connectivity index (χ0v) is 14.8. The third-order valence-corrected chi connectivity index (χ3v) is 3.91. The third kappa shape index (κ3) is 4.43. The van der Waals surface area contributed by atoms with Crippen LogP contribution in [0.4, 0.5) is 5.69 Å². The average molecular weight is 410 g/mol. The van der Waals surface area contributed by atoms with Gasteiger partial charge in [0.1, 0.15) is 0 Å². The number of thiocarbonyl (C=S) groups is 1. The Hall–Kier alpha value is -0.660. The number of anilines is 1. The molecule has 0 atom stereocenters. The van der Waals surface area contributed by atoms with E-state index < -0.39 is 0 Å². The van der Waals surface area contributed by atoms with Crippen molar-refractivity contribution in [3.8, 4) is 0 Å². The van der Waals surface area contributed by atoms with Crippen LogP contribution in [-0.2, 0) is 4.74 Å². The van der Waals surface area contributed by atoms with E-state index in [1.165, 1.54) is 0 Å². The first-order chi connectivity index (χ1) is 8.86. The number of rotatable bonds is 3. The topological polar surface area (TPSA) is 41.6 Å². The molecule has 0 spiro atoms. The lowest BCUT2D eigenvalue weighted by Gasteiger charge is -2.18. The standard InChI is InChI=1S/C12H14Br2N2O2S/c1-4-18-11(17)7-5-8(13)10(9(14)6-7)15-12(19)16(2)3/h5-6H,4H2,1-3H3,(H,15,19). The summed E-state index contributed by atoms with van der Waals surface area (Å²) in [6, 6.07) is 3.40. The SMILES string of the molecule is CCOC(=O)c1cc(Br)c(NC(=S)N(C)C)c(Br)c1. The largest absolute Gasteiger partial charge is 0.462 e. The minimum atomic E-state index is -0.356. The van der Waals surface area contributed by atoms with Crippen LogP contribution in [0.25, 0.3) is 0 Å². The number of hydrogen-bond acceptors (Lipinski definition) is 3. The molecule has 0 aliphatic carbocycles. The molecule has 1 N–H and O–H groups in total. The zero-order valence-electron chi connectivity index (χ0n) is 10.8. The van der Waals surface area contributed by atoms with Crippen LogP contribution in [0.15, 0.2) is 21.1 Å². The molecule has 104 valence electrons. The monoisotopic (exact) mass is 408 g/mol. The predicted molar refractivity (Wildman–Crippen MR) is 87.7 cm³/mol. The molecule has 0 fully saturated rings. The fourth-order valence-corrected chi connectivity index (χ4v) is 2.73. The molecule has 4 nitrogen and oxygen atoms in total. The molecule has 1 aromatic rings. The Morgan fingerprint density at radius 3 is 2.32 bits per heavy atom. The average Bonchev–Trinajstić information content (AvgIpc) is 2.33. The van der Waals surface area contributed by atoms with Crippen LogP contribution in [0.2, 0.25) is 0 Å². The first-order valence-electron chi connectivity index (χ1n) is 5.51. The van der Waals surface area contributed by atoms with Crippen LogP contribution < -0.4 is 5.32 Å². The summed E-state index contributed by atoms with van der Waals surface area (Å²) >= 11 is 12.0. The van der Waals surface area contributed by atoms with Gasteiger partial charge in [-0.2, -0.15) is 0 Å². The molecular formula is C12H14Br2N2O2S. The van der Waals surface area contributed by atoms with Crippen molar-refractivity contribution in [2.45, 2.75) is 6.92 Å². The van der Waals surface area contributed by atoms with E-state index in [9.17, 15) is 4.79 Å². The molecule has 0 aromatic heterocycles. The summed E-state index contributed by atoms with van der Waals surface area (Å²) in [7, 11) is 3.70. The lowest BCUT2D eigenvalue weighted by atomic mass is 10.2. The lowest BCUT2D eigenvalue weighted by Crippen LogP contribution is -2.27. The van der Waals surface area contributed by atoms with E-state index in [4.69, 9.17) is 17.0 Å². The molecule has 0 saturated heterocycles. The molecule has 0 saturated carbocycles. The van der Waals surface area contributed by atoms with Gasteiger partial charge >= 0.3 is 5.97 Å². The van der Waals surface area contributed by atoms with Crippen molar-refractivity contribution in [1.29, 1.82) is 0 Å². The Morgan fingerprint density at radius 1 is 1.37 bits per heavy atom. The first kappa shape index (κ1) is 16.4.